The van der Waals surface area contributed by atoms with E-state index in [-0.39, 0.29) is 0 Å². The summed E-state index contributed by atoms with van der Waals surface area (Å²) in [4.78, 5) is 21.0. The lowest BCUT2D eigenvalue weighted by Gasteiger charge is -2.36. The molecule has 8 rings (SSSR count). The molecule has 0 saturated carbocycles. The highest BCUT2D eigenvalue weighted by molar-refractivity contribution is 5.94. The molecule has 2 N–H and O–H groups in total. The molecule has 40 heavy (non-hydrogen) atoms. The number of nitrogens with zero attached hydrogens (tertiary/aromatic N) is 4. The van der Waals surface area contributed by atoms with Gasteiger partial charge in [0.25, 0.3) is 0 Å². The lowest BCUT2D eigenvalue weighted by atomic mass is 9.90. The first kappa shape index (κ1) is 23.5. The fourth-order valence-corrected chi connectivity index (χ4v) is 6.71. The summed E-state index contributed by atoms with van der Waals surface area (Å²) in [5.41, 5.74) is 14.3. The van der Waals surface area contributed by atoms with Crippen LogP contribution in [0.1, 0.15) is 30.4 Å². The molecule has 0 radical (unpaired) electrons. The van der Waals surface area contributed by atoms with Crippen LogP contribution >= 0.6 is 0 Å². The fourth-order valence-electron chi connectivity index (χ4n) is 6.71. The zero-order valence-corrected chi connectivity index (χ0v) is 22.5. The number of nitrogens with one attached hydrogen (secondary N) is 2. The minimum absolute atomic E-state index is 0.902. The molecule has 2 aromatic heterocycles. The summed E-state index contributed by atoms with van der Waals surface area (Å²) in [6.07, 6.45) is 8.47. The van der Waals surface area contributed by atoms with Crippen LogP contribution in [0.25, 0.3) is 44.3 Å². The first-order chi connectivity index (χ1) is 19.8. The Balaban J connectivity index is 1.21. The lowest BCUT2D eigenvalue weighted by molar-refractivity contribution is 0.234. The third-order valence-electron chi connectivity index (χ3n) is 8.73. The summed E-state index contributed by atoms with van der Waals surface area (Å²) in [6.45, 7) is 4.50. The number of anilines is 2. The second-order valence-electron chi connectivity index (χ2n) is 11.1. The summed E-state index contributed by atoms with van der Waals surface area (Å²) in [5.74, 6) is 0. The van der Waals surface area contributed by atoms with E-state index in [9.17, 15) is 0 Å². The topological polar surface area (TPSA) is 63.8 Å². The third kappa shape index (κ3) is 3.98. The Morgan fingerprint density at radius 1 is 0.625 bits per heavy atom. The second-order valence-corrected chi connectivity index (χ2v) is 11.1. The number of piperidine rings is 1. The summed E-state index contributed by atoms with van der Waals surface area (Å²) < 4.78 is 0. The van der Waals surface area contributed by atoms with Gasteiger partial charge in [0.05, 0.1) is 34.7 Å². The molecule has 0 spiro atoms. The monoisotopic (exact) mass is 524 g/mol. The Morgan fingerprint density at radius 3 is 1.77 bits per heavy atom. The van der Waals surface area contributed by atoms with Crippen LogP contribution in [-0.4, -0.2) is 51.0 Å². The SMILES string of the molecule is c1cc(-c2ccc3c(c2)Cc2cc(-c4cccc5[nH]cnc45)ccc2N3CCN2CCCCC2)c2nc[nH]c2c1. The number of hydrogen-bond donors (Lipinski definition) is 2. The van der Waals surface area contributed by atoms with E-state index >= 15 is 0 Å². The number of imidazole rings is 2. The van der Waals surface area contributed by atoms with Gasteiger partial charge in [0.2, 0.25) is 0 Å². The highest BCUT2D eigenvalue weighted by Gasteiger charge is 2.25. The maximum atomic E-state index is 4.62. The first-order valence-electron chi connectivity index (χ1n) is 14.4. The number of benzene rings is 4. The normalized spacial score (nSPS) is 15.4. The Labute approximate surface area is 233 Å². The van der Waals surface area contributed by atoms with Crippen molar-refractivity contribution in [3.8, 4) is 22.3 Å². The van der Waals surface area contributed by atoms with Gasteiger partial charge in [-0.25, -0.2) is 9.97 Å². The molecule has 0 atom stereocenters. The lowest BCUT2D eigenvalue weighted by Crippen LogP contribution is -2.37. The van der Waals surface area contributed by atoms with Crippen LogP contribution in [0.15, 0.2) is 85.5 Å². The molecular formula is C34H32N6. The Kier molecular flexibility index (Phi) is 5.66. The largest absolute Gasteiger partial charge is 0.345 e. The van der Waals surface area contributed by atoms with Gasteiger partial charge < -0.3 is 19.8 Å². The van der Waals surface area contributed by atoms with Crippen molar-refractivity contribution in [2.24, 2.45) is 0 Å². The van der Waals surface area contributed by atoms with Crippen molar-refractivity contribution in [1.29, 1.82) is 0 Å². The van der Waals surface area contributed by atoms with Crippen LogP contribution in [0.3, 0.4) is 0 Å². The van der Waals surface area contributed by atoms with Crippen LogP contribution in [0.2, 0.25) is 0 Å². The van der Waals surface area contributed by atoms with Gasteiger partial charge in [-0.3, -0.25) is 0 Å². The summed E-state index contributed by atoms with van der Waals surface area (Å²) in [5, 5.41) is 0. The summed E-state index contributed by atoms with van der Waals surface area (Å²) in [6, 6.07) is 26.7. The van der Waals surface area contributed by atoms with Gasteiger partial charge in [0, 0.05) is 42.0 Å². The number of para-hydroxylation sites is 2. The zero-order chi connectivity index (χ0) is 26.5. The van der Waals surface area contributed by atoms with Crippen molar-refractivity contribution in [3.63, 3.8) is 0 Å². The van der Waals surface area contributed by atoms with Crippen molar-refractivity contribution in [2.45, 2.75) is 25.7 Å². The van der Waals surface area contributed by atoms with Gasteiger partial charge in [0.1, 0.15) is 0 Å². The van der Waals surface area contributed by atoms with E-state index in [1.165, 1.54) is 77.1 Å². The van der Waals surface area contributed by atoms with Gasteiger partial charge in [-0.1, -0.05) is 42.8 Å². The Morgan fingerprint density at radius 2 is 1.20 bits per heavy atom. The van der Waals surface area contributed by atoms with Gasteiger partial charge in [-0.15, -0.1) is 0 Å². The molecule has 0 amide bonds. The van der Waals surface area contributed by atoms with Crippen molar-refractivity contribution >= 4 is 33.4 Å². The van der Waals surface area contributed by atoms with Crippen molar-refractivity contribution in [3.05, 3.63) is 96.6 Å². The predicted octanol–water partition coefficient (Wildman–Crippen LogP) is 7.30. The third-order valence-corrected chi connectivity index (χ3v) is 8.73. The molecule has 1 saturated heterocycles. The molecule has 4 aromatic carbocycles. The molecule has 6 heteroatoms. The molecule has 0 unspecified atom stereocenters. The molecule has 4 heterocycles. The Bertz CT molecular complexity index is 1720. The molecule has 6 aromatic rings. The van der Waals surface area contributed by atoms with Crippen molar-refractivity contribution in [2.75, 3.05) is 31.1 Å². The van der Waals surface area contributed by atoms with E-state index in [1.807, 2.05) is 0 Å². The predicted molar refractivity (Wildman–Crippen MR) is 163 cm³/mol. The number of rotatable bonds is 5. The number of H-pyrrole nitrogens is 2. The Hall–Kier alpha value is -4.42. The van der Waals surface area contributed by atoms with E-state index in [4.69, 9.17) is 0 Å². The number of fused-ring (bicyclic) bond motifs is 4. The number of likely N-dealkylation sites (tertiary alicyclic amines) is 1. The molecular weight excluding hydrogens is 492 g/mol. The average molecular weight is 525 g/mol. The number of aromatic nitrogens is 4. The maximum Gasteiger partial charge on any atom is 0.0960 e. The molecule has 2 aliphatic rings. The second kappa shape index (κ2) is 9.65. The molecule has 0 aliphatic carbocycles. The minimum Gasteiger partial charge on any atom is -0.345 e. The molecule has 198 valence electrons. The molecule has 1 fully saturated rings. The van der Waals surface area contributed by atoms with E-state index in [0.29, 0.717) is 0 Å². The van der Waals surface area contributed by atoms with E-state index < -0.39 is 0 Å². The van der Waals surface area contributed by atoms with E-state index in [2.05, 4.69) is 103 Å². The van der Waals surface area contributed by atoms with Crippen LogP contribution in [0.4, 0.5) is 11.4 Å². The van der Waals surface area contributed by atoms with E-state index in [1.54, 1.807) is 12.7 Å². The standard InChI is InChI=1S/C34H32N6/c1-2-14-39(15-3-1)16-17-40-31-12-10-23(27-6-4-8-29-33(27)37-21-35-29)18-25(31)20-26-19-24(11-13-32(26)40)28-7-5-9-30-34(28)38-22-36-30/h4-13,18-19,21-22H,1-3,14-17,20H2,(H,35,37)(H,36,38). The maximum absolute atomic E-state index is 4.62. The van der Waals surface area contributed by atoms with Gasteiger partial charge in [0.15, 0.2) is 0 Å². The van der Waals surface area contributed by atoms with Crippen LogP contribution in [0.5, 0.6) is 0 Å². The zero-order valence-electron chi connectivity index (χ0n) is 22.5. The van der Waals surface area contributed by atoms with Gasteiger partial charge >= 0.3 is 0 Å². The molecule has 2 aliphatic heterocycles. The van der Waals surface area contributed by atoms with Crippen LogP contribution < -0.4 is 4.90 Å². The smallest absolute Gasteiger partial charge is 0.0960 e. The highest BCUT2D eigenvalue weighted by Crippen LogP contribution is 2.42. The number of aromatic amines is 2. The highest BCUT2D eigenvalue weighted by atomic mass is 15.2. The van der Waals surface area contributed by atoms with Crippen molar-refractivity contribution < 1.29 is 0 Å². The van der Waals surface area contributed by atoms with Crippen LogP contribution in [0, 0.1) is 0 Å². The van der Waals surface area contributed by atoms with E-state index in [0.717, 1.165) is 41.6 Å². The quantitative estimate of drug-likeness (QED) is 0.248. The summed E-state index contributed by atoms with van der Waals surface area (Å²) in [7, 11) is 0. The summed E-state index contributed by atoms with van der Waals surface area (Å²) >= 11 is 0. The van der Waals surface area contributed by atoms with Gasteiger partial charge in [-0.2, -0.15) is 0 Å². The molecule has 6 nitrogen and oxygen atoms in total. The van der Waals surface area contributed by atoms with Crippen molar-refractivity contribution in [1.82, 2.24) is 24.8 Å². The average Bonchev–Trinajstić information content (AvgIpc) is 3.69. The number of hydrogen-bond acceptors (Lipinski definition) is 4. The van der Waals surface area contributed by atoms with Gasteiger partial charge in [-0.05, 0) is 84.6 Å². The molecule has 0 bridgehead atoms. The fraction of sp³-hybridized carbons (Fsp3) is 0.235. The minimum atomic E-state index is 0.902. The van der Waals surface area contributed by atoms with Crippen LogP contribution in [-0.2, 0) is 6.42 Å². The first-order valence-corrected chi connectivity index (χ1v) is 14.4.